The number of hydrogen-bond acceptors (Lipinski definition) is 5. The minimum absolute atomic E-state index is 0.254. The lowest BCUT2D eigenvalue weighted by molar-refractivity contribution is -0.142. The molecule has 0 aromatic heterocycles. The number of nitrogens with zero attached hydrogens (tertiary/aromatic N) is 1. The molecule has 0 aliphatic carbocycles. The van der Waals surface area contributed by atoms with Crippen LogP contribution in [0.3, 0.4) is 0 Å². The zero-order chi connectivity index (χ0) is 20.4. The topological polar surface area (TPSA) is 88.4 Å². The Morgan fingerprint density at radius 2 is 1.96 bits per heavy atom. The number of carbonyl (C=O) groups is 2. The van der Waals surface area contributed by atoms with Crippen molar-refractivity contribution in [1.29, 1.82) is 5.26 Å². The van der Waals surface area contributed by atoms with Crippen molar-refractivity contribution < 1.29 is 19.1 Å². The van der Waals surface area contributed by atoms with Gasteiger partial charge in [-0.15, -0.1) is 0 Å². The van der Waals surface area contributed by atoms with Crippen LogP contribution in [0.1, 0.15) is 11.1 Å². The Balaban J connectivity index is 1.84. The van der Waals surface area contributed by atoms with Crippen molar-refractivity contribution in [2.75, 3.05) is 18.5 Å². The number of hydrogen-bond donors (Lipinski definition) is 1. The van der Waals surface area contributed by atoms with E-state index in [2.05, 4.69) is 11.9 Å². The molecule has 1 amide bonds. The van der Waals surface area contributed by atoms with Crippen LogP contribution in [-0.4, -0.2) is 25.1 Å². The molecule has 0 fully saturated rings. The second-order valence-electron chi connectivity index (χ2n) is 5.46. The van der Waals surface area contributed by atoms with Crippen LogP contribution < -0.4 is 10.1 Å². The first-order chi connectivity index (χ1) is 13.5. The van der Waals surface area contributed by atoms with E-state index in [0.29, 0.717) is 17.4 Å². The number of esters is 1. The number of anilines is 1. The number of carbonyl (C=O) groups excluding carboxylic acids is 2. The standard InChI is InChI=1S/C21H17ClN2O4/c1-2-11-27-18-8-3-15(4-9-18)5-10-21(26)28-14-20(25)24-19-12-17(22)7-6-16(19)13-23/h2-10,12H,1,11,14H2,(H,24,25)/b10-5+. The first-order valence-electron chi connectivity index (χ1n) is 8.20. The molecule has 2 aromatic carbocycles. The van der Waals surface area contributed by atoms with Crippen LogP contribution >= 0.6 is 11.6 Å². The van der Waals surface area contributed by atoms with Crippen LogP contribution in [0.25, 0.3) is 6.08 Å². The monoisotopic (exact) mass is 396 g/mol. The third kappa shape index (κ3) is 6.63. The van der Waals surface area contributed by atoms with Gasteiger partial charge in [0.15, 0.2) is 6.61 Å². The smallest absolute Gasteiger partial charge is 0.331 e. The number of ether oxygens (including phenoxy) is 2. The van der Waals surface area contributed by atoms with Gasteiger partial charge >= 0.3 is 5.97 Å². The molecule has 7 heteroatoms. The first-order valence-corrected chi connectivity index (χ1v) is 8.57. The van der Waals surface area contributed by atoms with E-state index in [1.54, 1.807) is 42.5 Å². The molecule has 0 bridgehead atoms. The molecule has 0 aliphatic heterocycles. The fourth-order valence-electron chi connectivity index (χ4n) is 2.08. The Labute approximate surface area is 167 Å². The van der Waals surface area contributed by atoms with Crippen molar-refractivity contribution in [2.45, 2.75) is 0 Å². The first kappa shape index (κ1) is 20.7. The van der Waals surface area contributed by atoms with E-state index in [9.17, 15) is 9.59 Å². The van der Waals surface area contributed by atoms with Crippen molar-refractivity contribution >= 4 is 35.2 Å². The number of nitriles is 1. The van der Waals surface area contributed by atoms with Gasteiger partial charge < -0.3 is 14.8 Å². The van der Waals surface area contributed by atoms with Gasteiger partial charge in [0.05, 0.1) is 11.3 Å². The number of benzene rings is 2. The Morgan fingerprint density at radius 3 is 2.64 bits per heavy atom. The lowest BCUT2D eigenvalue weighted by Gasteiger charge is -2.07. The summed E-state index contributed by atoms with van der Waals surface area (Å²) in [4.78, 5) is 23.7. The third-order valence-electron chi connectivity index (χ3n) is 3.38. The molecule has 2 rings (SSSR count). The van der Waals surface area contributed by atoms with Crippen molar-refractivity contribution in [3.05, 3.63) is 77.3 Å². The lowest BCUT2D eigenvalue weighted by atomic mass is 10.2. The van der Waals surface area contributed by atoms with E-state index < -0.39 is 18.5 Å². The normalized spacial score (nSPS) is 10.1. The van der Waals surface area contributed by atoms with E-state index >= 15 is 0 Å². The summed E-state index contributed by atoms with van der Waals surface area (Å²) in [5, 5.41) is 11.9. The van der Waals surface area contributed by atoms with Gasteiger partial charge in [-0.3, -0.25) is 4.79 Å². The average Bonchev–Trinajstić information content (AvgIpc) is 2.70. The number of rotatable bonds is 8. The molecular weight excluding hydrogens is 380 g/mol. The van der Waals surface area contributed by atoms with Crippen LogP contribution in [-0.2, 0) is 14.3 Å². The molecule has 1 N–H and O–H groups in total. The summed E-state index contributed by atoms with van der Waals surface area (Å²) >= 11 is 5.85. The van der Waals surface area contributed by atoms with Gasteiger partial charge in [0.25, 0.3) is 5.91 Å². The predicted octanol–water partition coefficient (Wildman–Crippen LogP) is 3.97. The molecule has 0 spiro atoms. The highest BCUT2D eigenvalue weighted by atomic mass is 35.5. The van der Waals surface area contributed by atoms with Gasteiger partial charge in [-0.2, -0.15) is 5.26 Å². The largest absolute Gasteiger partial charge is 0.490 e. The van der Waals surface area contributed by atoms with Gasteiger partial charge in [-0.1, -0.05) is 36.4 Å². The number of amides is 1. The molecule has 6 nitrogen and oxygen atoms in total. The molecule has 28 heavy (non-hydrogen) atoms. The van der Waals surface area contributed by atoms with Crippen molar-refractivity contribution in [3.63, 3.8) is 0 Å². The minimum Gasteiger partial charge on any atom is -0.490 e. The molecule has 0 unspecified atom stereocenters. The van der Waals surface area contributed by atoms with Crippen LogP contribution in [0.2, 0.25) is 5.02 Å². The zero-order valence-corrected chi connectivity index (χ0v) is 15.6. The van der Waals surface area contributed by atoms with E-state index in [4.69, 9.17) is 26.3 Å². The second kappa shape index (κ2) is 10.6. The third-order valence-corrected chi connectivity index (χ3v) is 3.62. The molecule has 0 atom stereocenters. The molecule has 2 aromatic rings. The van der Waals surface area contributed by atoms with E-state index in [1.807, 2.05) is 6.07 Å². The number of nitrogens with one attached hydrogen (secondary N) is 1. The highest BCUT2D eigenvalue weighted by Crippen LogP contribution is 2.20. The van der Waals surface area contributed by atoms with Gasteiger partial charge in [0.1, 0.15) is 18.4 Å². The quantitative estimate of drug-likeness (QED) is 0.414. The van der Waals surface area contributed by atoms with Crippen molar-refractivity contribution in [2.24, 2.45) is 0 Å². The Bertz CT molecular complexity index is 930. The Kier molecular flexibility index (Phi) is 7.82. The summed E-state index contributed by atoms with van der Waals surface area (Å²) in [5.41, 5.74) is 1.28. The SMILES string of the molecule is C=CCOc1ccc(/C=C/C(=O)OCC(=O)Nc2cc(Cl)ccc2C#N)cc1. The summed E-state index contributed by atoms with van der Waals surface area (Å²) in [6.07, 6.45) is 4.42. The van der Waals surface area contributed by atoms with E-state index in [0.717, 1.165) is 5.56 Å². The fourth-order valence-corrected chi connectivity index (χ4v) is 2.26. The zero-order valence-electron chi connectivity index (χ0n) is 14.9. The van der Waals surface area contributed by atoms with Crippen LogP contribution in [0.4, 0.5) is 5.69 Å². The van der Waals surface area contributed by atoms with Gasteiger partial charge in [0, 0.05) is 11.1 Å². The maximum Gasteiger partial charge on any atom is 0.331 e. The van der Waals surface area contributed by atoms with Gasteiger partial charge in [-0.05, 0) is 42.0 Å². The highest BCUT2D eigenvalue weighted by molar-refractivity contribution is 6.31. The molecule has 0 aliphatic rings. The molecule has 0 radical (unpaired) electrons. The molecule has 142 valence electrons. The lowest BCUT2D eigenvalue weighted by Crippen LogP contribution is -2.20. The van der Waals surface area contributed by atoms with E-state index in [-0.39, 0.29) is 11.3 Å². The molecule has 0 saturated heterocycles. The molecule has 0 heterocycles. The van der Waals surface area contributed by atoms with Gasteiger partial charge in [0.2, 0.25) is 0 Å². The summed E-state index contributed by atoms with van der Waals surface area (Å²) in [6, 6.07) is 13.5. The van der Waals surface area contributed by atoms with Crippen LogP contribution in [0.15, 0.2) is 61.2 Å². The second-order valence-corrected chi connectivity index (χ2v) is 5.90. The number of halogens is 1. The summed E-state index contributed by atoms with van der Waals surface area (Å²) in [5.74, 6) is -0.563. The van der Waals surface area contributed by atoms with E-state index in [1.165, 1.54) is 18.2 Å². The van der Waals surface area contributed by atoms with Crippen LogP contribution in [0, 0.1) is 11.3 Å². The maximum atomic E-state index is 11.9. The fraction of sp³-hybridized carbons (Fsp3) is 0.0952. The average molecular weight is 397 g/mol. The van der Waals surface area contributed by atoms with Gasteiger partial charge in [-0.25, -0.2) is 4.79 Å². The summed E-state index contributed by atoms with van der Waals surface area (Å²) in [6.45, 7) is 3.49. The summed E-state index contributed by atoms with van der Waals surface area (Å²) < 4.78 is 10.3. The Morgan fingerprint density at radius 1 is 1.21 bits per heavy atom. The summed E-state index contributed by atoms with van der Waals surface area (Å²) in [7, 11) is 0. The van der Waals surface area contributed by atoms with Crippen molar-refractivity contribution in [3.8, 4) is 11.8 Å². The predicted molar refractivity (Wildman–Crippen MR) is 107 cm³/mol. The highest BCUT2D eigenvalue weighted by Gasteiger charge is 2.09. The van der Waals surface area contributed by atoms with Crippen molar-refractivity contribution in [1.82, 2.24) is 0 Å². The molecule has 0 saturated carbocycles. The molecular formula is C21H17ClN2O4. The minimum atomic E-state index is -0.672. The maximum absolute atomic E-state index is 11.9. The van der Waals surface area contributed by atoms with Crippen LogP contribution in [0.5, 0.6) is 5.75 Å². The Hall–Kier alpha value is -3.56.